The van der Waals surface area contributed by atoms with Gasteiger partial charge in [-0.15, -0.1) is 0 Å². The Bertz CT molecular complexity index is 468. The average Bonchev–Trinajstić information content (AvgIpc) is 2.77. The number of carbonyl (C=O) groups is 1. The van der Waals surface area contributed by atoms with E-state index in [0.717, 1.165) is 6.42 Å². The van der Waals surface area contributed by atoms with Crippen molar-refractivity contribution < 1.29 is 14.6 Å². The summed E-state index contributed by atoms with van der Waals surface area (Å²) in [4.78, 5) is 14.7. The number of aliphatic carboxylic acids is 1. The third-order valence-electron chi connectivity index (χ3n) is 3.04. The van der Waals surface area contributed by atoms with Crippen LogP contribution in [0, 0.1) is 6.92 Å². The van der Waals surface area contributed by atoms with E-state index < -0.39 is 5.97 Å². The molecule has 4 nitrogen and oxygen atoms in total. The van der Waals surface area contributed by atoms with Gasteiger partial charge in [-0.3, -0.25) is 9.79 Å². The van der Waals surface area contributed by atoms with Crippen molar-refractivity contribution in [2.75, 3.05) is 6.54 Å². The molecule has 0 aromatic heterocycles. The van der Waals surface area contributed by atoms with E-state index in [0.29, 0.717) is 18.9 Å². The maximum atomic E-state index is 10.5. The van der Waals surface area contributed by atoms with Gasteiger partial charge in [0.1, 0.15) is 6.10 Å². The SMILES string of the molecule is Cc1ccccc1CC1CN=C(CCC(=O)O)O1. The largest absolute Gasteiger partial charge is 0.481 e. The summed E-state index contributed by atoms with van der Waals surface area (Å²) < 4.78 is 5.66. The summed E-state index contributed by atoms with van der Waals surface area (Å²) in [5.41, 5.74) is 2.51. The first kappa shape index (κ1) is 12.6. The molecule has 2 rings (SSSR count). The van der Waals surface area contributed by atoms with Crippen LogP contribution in [-0.4, -0.2) is 29.6 Å². The second-order valence-electron chi connectivity index (χ2n) is 4.50. The van der Waals surface area contributed by atoms with Gasteiger partial charge in [-0.25, -0.2) is 0 Å². The molecule has 0 fully saturated rings. The van der Waals surface area contributed by atoms with E-state index in [2.05, 4.69) is 24.0 Å². The third-order valence-corrected chi connectivity index (χ3v) is 3.04. The topological polar surface area (TPSA) is 58.9 Å². The van der Waals surface area contributed by atoms with Crippen molar-refractivity contribution in [2.24, 2.45) is 4.99 Å². The van der Waals surface area contributed by atoms with E-state index in [-0.39, 0.29) is 12.5 Å². The Balaban J connectivity index is 1.85. The zero-order valence-electron chi connectivity index (χ0n) is 10.4. The van der Waals surface area contributed by atoms with Gasteiger partial charge < -0.3 is 9.84 Å². The van der Waals surface area contributed by atoms with Crippen molar-refractivity contribution in [3.63, 3.8) is 0 Å². The van der Waals surface area contributed by atoms with Crippen LogP contribution in [0.25, 0.3) is 0 Å². The number of hydrogen-bond acceptors (Lipinski definition) is 3. The zero-order chi connectivity index (χ0) is 13.0. The van der Waals surface area contributed by atoms with E-state index >= 15 is 0 Å². The van der Waals surface area contributed by atoms with Crippen LogP contribution in [0.3, 0.4) is 0 Å². The molecule has 1 aliphatic heterocycles. The van der Waals surface area contributed by atoms with E-state index in [1.54, 1.807) is 0 Å². The molecule has 0 bridgehead atoms. The fourth-order valence-corrected chi connectivity index (χ4v) is 2.01. The van der Waals surface area contributed by atoms with Crippen LogP contribution in [-0.2, 0) is 16.0 Å². The number of nitrogens with zero attached hydrogens (tertiary/aromatic N) is 1. The van der Waals surface area contributed by atoms with Crippen LogP contribution >= 0.6 is 0 Å². The number of rotatable bonds is 5. The summed E-state index contributed by atoms with van der Waals surface area (Å²) in [6, 6.07) is 8.21. The molecule has 0 spiro atoms. The lowest BCUT2D eigenvalue weighted by atomic mass is 10.0. The smallest absolute Gasteiger partial charge is 0.303 e. The molecule has 0 saturated carbocycles. The second kappa shape index (κ2) is 5.67. The van der Waals surface area contributed by atoms with Crippen molar-refractivity contribution >= 4 is 11.9 Å². The monoisotopic (exact) mass is 247 g/mol. The third kappa shape index (κ3) is 3.32. The minimum absolute atomic E-state index is 0.0508. The Hall–Kier alpha value is -1.84. The van der Waals surface area contributed by atoms with Crippen LogP contribution < -0.4 is 0 Å². The quantitative estimate of drug-likeness (QED) is 0.867. The molecule has 1 heterocycles. The highest BCUT2D eigenvalue weighted by Crippen LogP contribution is 2.16. The first-order valence-electron chi connectivity index (χ1n) is 6.11. The number of carboxylic acid groups (broad SMARTS) is 1. The molecular weight excluding hydrogens is 230 g/mol. The van der Waals surface area contributed by atoms with Crippen molar-refractivity contribution in [1.29, 1.82) is 0 Å². The van der Waals surface area contributed by atoms with Gasteiger partial charge in [0, 0.05) is 12.8 Å². The fourth-order valence-electron chi connectivity index (χ4n) is 2.01. The standard InChI is InChI=1S/C14H17NO3/c1-10-4-2-3-5-11(10)8-12-9-15-13(18-12)6-7-14(16)17/h2-5,12H,6-9H2,1H3,(H,16,17). The van der Waals surface area contributed by atoms with Gasteiger partial charge in [0.25, 0.3) is 0 Å². The van der Waals surface area contributed by atoms with Gasteiger partial charge in [-0.05, 0) is 18.1 Å². The van der Waals surface area contributed by atoms with E-state index in [4.69, 9.17) is 9.84 Å². The van der Waals surface area contributed by atoms with Crippen molar-refractivity contribution in [3.05, 3.63) is 35.4 Å². The molecule has 0 aliphatic carbocycles. The number of ether oxygens (including phenoxy) is 1. The van der Waals surface area contributed by atoms with Crippen LogP contribution in [0.4, 0.5) is 0 Å². The fraction of sp³-hybridized carbons (Fsp3) is 0.429. The summed E-state index contributed by atoms with van der Waals surface area (Å²) in [6.07, 6.45) is 1.34. The van der Waals surface area contributed by atoms with Gasteiger partial charge in [-0.1, -0.05) is 24.3 Å². The van der Waals surface area contributed by atoms with Crippen LogP contribution in [0.15, 0.2) is 29.3 Å². The maximum absolute atomic E-state index is 10.5. The summed E-state index contributed by atoms with van der Waals surface area (Å²) in [6.45, 7) is 2.71. The van der Waals surface area contributed by atoms with Crippen LogP contribution in [0.2, 0.25) is 0 Å². The van der Waals surface area contributed by atoms with Gasteiger partial charge in [0.05, 0.1) is 13.0 Å². The minimum Gasteiger partial charge on any atom is -0.481 e. The molecule has 0 saturated heterocycles. The number of aryl methyl sites for hydroxylation is 1. The first-order chi connectivity index (χ1) is 8.65. The predicted molar refractivity (Wildman–Crippen MR) is 68.9 cm³/mol. The highest BCUT2D eigenvalue weighted by atomic mass is 16.5. The highest BCUT2D eigenvalue weighted by Gasteiger charge is 2.20. The normalized spacial score (nSPS) is 18.3. The molecule has 0 radical (unpaired) electrons. The Morgan fingerprint density at radius 1 is 1.50 bits per heavy atom. The van der Waals surface area contributed by atoms with Gasteiger partial charge in [0.15, 0.2) is 5.90 Å². The van der Waals surface area contributed by atoms with Crippen molar-refractivity contribution in [3.8, 4) is 0 Å². The Morgan fingerprint density at radius 2 is 2.28 bits per heavy atom. The minimum atomic E-state index is -0.816. The van der Waals surface area contributed by atoms with E-state index in [9.17, 15) is 4.79 Å². The summed E-state index contributed by atoms with van der Waals surface area (Å²) in [5.74, 6) is -0.236. The Kier molecular flexibility index (Phi) is 3.97. The molecule has 0 amide bonds. The average molecular weight is 247 g/mol. The number of benzene rings is 1. The summed E-state index contributed by atoms with van der Waals surface area (Å²) in [7, 11) is 0. The lowest BCUT2D eigenvalue weighted by molar-refractivity contribution is -0.136. The molecule has 96 valence electrons. The first-order valence-corrected chi connectivity index (χ1v) is 6.11. The summed E-state index contributed by atoms with van der Waals surface area (Å²) in [5, 5.41) is 8.60. The summed E-state index contributed by atoms with van der Waals surface area (Å²) >= 11 is 0. The molecule has 18 heavy (non-hydrogen) atoms. The number of aliphatic imine (C=N–C) groups is 1. The van der Waals surface area contributed by atoms with E-state index in [1.165, 1.54) is 11.1 Å². The molecule has 1 aromatic carbocycles. The highest BCUT2D eigenvalue weighted by molar-refractivity contribution is 5.81. The molecule has 1 aliphatic rings. The molecule has 1 aromatic rings. The lowest BCUT2D eigenvalue weighted by Crippen LogP contribution is -2.17. The Labute approximate surface area is 106 Å². The van der Waals surface area contributed by atoms with E-state index in [1.807, 2.05) is 12.1 Å². The van der Waals surface area contributed by atoms with Gasteiger partial charge in [-0.2, -0.15) is 0 Å². The van der Waals surface area contributed by atoms with Gasteiger partial charge >= 0.3 is 5.97 Å². The van der Waals surface area contributed by atoms with Gasteiger partial charge in [0.2, 0.25) is 0 Å². The molecule has 1 N–H and O–H groups in total. The lowest BCUT2D eigenvalue weighted by Gasteiger charge is -2.12. The Morgan fingerprint density at radius 3 is 3.00 bits per heavy atom. The zero-order valence-corrected chi connectivity index (χ0v) is 10.4. The van der Waals surface area contributed by atoms with Crippen molar-refractivity contribution in [2.45, 2.75) is 32.3 Å². The predicted octanol–water partition coefficient (Wildman–Crippen LogP) is 2.20. The molecule has 1 atom stereocenters. The van der Waals surface area contributed by atoms with Crippen LogP contribution in [0.5, 0.6) is 0 Å². The van der Waals surface area contributed by atoms with Crippen LogP contribution in [0.1, 0.15) is 24.0 Å². The second-order valence-corrected chi connectivity index (χ2v) is 4.50. The maximum Gasteiger partial charge on any atom is 0.303 e. The number of carboxylic acids is 1. The van der Waals surface area contributed by atoms with Crippen molar-refractivity contribution in [1.82, 2.24) is 0 Å². The molecule has 1 unspecified atom stereocenters. The molecule has 4 heteroatoms. The number of hydrogen-bond donors (Lipinski definition) is 1. The molecular formula is C14H17NO3.